The summed E-state index contributed by atoms with van der Waals surface area (Å²) in [7, 11) is -0.520. The van der Waals surface area contributed by atoms with Crippen molar-refractivity contribution in [2.75, 3.05) is 0 Å². The zero-order chi connectivity index (χ0) is 23.0. The molecule has 3 rings (SSSR count). The Bertz CT molecular complexity index is 959. The first-order valence-electron chi connectivity index (χ1n) is 9.89. The van der Waals surface area contributed by atoms with Gasteiger partial charge in [-0.3, -0.25) is 9.59 Å². The number of benzene rings is 2. The first-order valence-corrected chi connectivity index (χ1v) is 9.89. The van der Waals surface area contributed by atoms with Crippen LogP contribution in [0, 0.1) is 11.6 Å². The molecule has 0 aromatic heterocycles. The maximum atomic E-state index is 13.4. The Labute approximate surface area is 180 Å². The van der Waals surface area contributed by atoms with E-state index in [0.717, 1.165) is 23.2 Å². The van der Waals surface area contributed by atoms with Gasteiger partial charge in [-0.1, -0.05) is 24.3 Å². The van der Waals surface area contributed by atoms with Gasteiger partial charge in [0.1, 0.15) is 17.7 Å². The highest BCUT2D eigenvalue weighted by atomic mass is 19.1. The van der Waals surface area contributed by atoms with Crippen molar-refractivity contribution >= 4 is 24.4 Å². The minimum absolute atomic E-state index is 0.114. The summed E-state index contributed by atoms with van der Waals surface area (Å²) in [5, 5.41) is 2.43. The van der Waals surface area contributed by atoms with Crippen LogP contribution >= 0.6 is 0 Å². The van der Waals surface area contributed by atoms with E-state index in [2.05, 4.69) is 5.32 Å². The van der Waals surface area contributed by atoms with Gasteiger partial charge in [0, 0.05) is 18.1 Å². The van der Waals surface area contributed by atoms with Gasteiger partial charge in [0.15, 0.2) is 0 Å². The van der Waals surface area contributed by atoms with E-state index in [0.29, 0.717) is 6.07 Å². The highest BCUT2D eigenvalue weighted by Crippen LogP contribution is 2.36. The van der Waals surface area contributed by atoms with Crippen LogP contribution in [0.15, 0.2) is 42.5 Å². The maximum absolute atomic E-state index is 13.4. The molecule has 1 aliphatic rings. The molecule has 0 bridgehead atoms. The lowest BCUT2D eigenvalue weighted by atomic mass is 9.78. The molecule has 0 radical (unpaired) electrons. The van der Waals surface area contributed by atoms with E-state index in [9.17, 15) is 18.4 Å². The summed E-state index contributed by atoms with van der Waals surface area (Å²) in [4.78, 5) is 24.2. The molecule has 1 fully saturated rings. The number of primary amides is 1. The monoisotopic (exact) mass is 430 g/mol. The molecule has 0 saturated carbocycles. The van der Waals surface area contributed by atoms with Crippen LogP contribution in [0.4, 0.5) is 8.78 Å². The Kier molecular flexibility index (Phi) is 6.20. The summed E-state index contributed by atoms with van der Waals surface area (Å²) in [6.45, 7) is 7.86. The summed E-state index contributed by atoms with van der Waals surface area (Å²) in [6.07, 6.45) is 0.114. The molecule has 0 unspecified atom stereocenters. The van der Waals surface area contributed by atoms with Gasteiger partial charge in [-0.15, -0.1) is 0 Å². The minimum Gasteiger partial charge on any atom is -0.399 e. The quantitative estimate of drug-likeness (QED) is 0.687. The summed E-state index contributed by atoms with van der Waals surface area (Å²) in [5.41, 5.74) is 5.80. The molecule has 2 aromatic carbocycles. The molecule has 164 valence electrons. The molecule has 0 spiro atoms. The number of carbonyl (C=O) groups excluding carboxylic acids is 2. The van der Waals surface area contributed by atoms with Crippen molar-refractivity contribution < 1.29 is 27.7 Å². The first-order chi connectivity index (χ1) is 14.4. The Morgan fingerprint density at radius 1 is 1.00 bits per heavy atom. The van der Waals surface area contributed by atoms with Crippen molar-refractivity contribution in [3.05, 3.63) is 65.2 Å². The van der Waals surface area contributed by atoms with Gasteiger partial charge in [-0.25, -0.2) is 8.78 Å². The largest absolute Gasteiger partial charge is 0.494 e. The third-order valence-electron chi connectivity index (χ3n) is 5.72. The number of halogens is 2. The lowest BCUT2D eigenvalue weighted by Crippen LogP contribution is -2.46. The highest BCUT2D eigenvalue weighted by molar-refractivity contribution is 6.62. The fraction of sp³-hybridized carbons (Fsp3) is 0.364. The van der Waals surface area contributed by atoms with Crippen molar-refractivity contribution in [3.63, 3.8) is 0 Å². The van der Waals surface area contributed by atoms with Crippen LogP contribution in [0.1, 0.15) is 43.6 Å². The van der Waals surface area contributed by atoms with E-state index in [4.69, 9.17) is 15.0 Å². The molecule has 1 heterocycles. The molecule has 1 aliphatic heterocycles. The Morgan fingerprint density at radius 2 is 1.52 bits per heavy atom. The highest BCUT2D eigenvalue weighted by Gasteiger charge is 2.51. The molecule has 1 saturated heterocycles. The number of hydrogen-bond acceptors (Lipinski definition) is 4. The van der Waals surface area contributed by atoms with Gasteiger partial charge in [0.25, 0.3) is 5.91 Å². The average molecular weight is 430 g/mol. The minimum atomic E-state index is -1.05. The van der Waals surface area contributed by atoms with Crippen molar-refractivity contribution in [2.45, 2.75) is 51.4 Å². The number of hydrogen-bond donors (Lipinski definition) is 2. The van der Waals surface area contributed by atoms with Crippen LogP contribution in [0.25, 0.3) is 0 Å². The average Bonchev–Trinajstić information content (AvgIpc) is 2.88. The molecule has 1 atom stereocenters. The van der Waals surface area contributed by atoms with Crippen LogP contribution < -0.4 is 16.5 Å². The normalized spacial score (nSPS) is 17.9. The second-order valence-corrected chi connectivity index (χ2v) is 8.62. The zero-order valence-corrected chi connectivity index (χ0v) is 17.9. The second kappa shape index (κ2) is 8.40. The van der Waals surface area contributed by atoms with Crippen LogP contribution in [0.2, 0.25) is 0 Å². The first kappa shape index (κ1) is 22.9. The number of nitrogens with two attached hydrogens (primary N) is 1. The van der Waals surface area contributed by atoms with E-state index in [1.165, 1.54) is 0 Å². The Morgan fingerprint density at radius 3 is 2.00 bits per heavy atom. The van der Waals surface area contributed by atoms with Crippen LogP contribution in [0.5, 0.6) is 0 Å². The fourth-order valence-electron chi connectivity index (χ4n) is 3.17. The van der Waals surface area contributed by atoms with Crippen LogP contribution in [0.3, 0.4) is 0 Å². The van der Waals surface area contributed by atoms with E-state index >= 15 is 0 Å². The van der Waals surface area contributed by atoms with E-state index in [1.807, 2.05) is 39.8 Å². The van der Waals surface area contributed by atoms with Crippen LogP contribution in [-0.4, -0.2) is 36.2 Å². The SMILES string of the molecule is CC1(C)OB(c2ccc(C[C@H](NC(=O)c3cc(F)cc(F)c3)C(N)=O)cc2)OC1(C)C. The topological polar surface area (TPSA) is 90.6 Å². The summed E-state index contributed by atoms with van der Waals surface area (Å²) >= 11 is 0. The molecular formula is C22H25BF2N2O4. The van der Waals surface area contributed by atoms with Crippen molar-refractivity contribution in [1.82, 2.24) is 5.32 Å². The predicted octanol–water partition coefficient (Wildman–Crippen LogP) is 2.09. The van der Waals surface area contributed by atoms with Gasteiger partial charge in [-0.05, 0) is 50.9 Å². The number of carbonyl (C=O) groups is 2. The third-order valence-corrected chi connectivity index (χ3v) is 5.72. The van der Waals surface area contributed by atoms with Crippen molar-refractivity contribution in [2.24, 2.45) is 5.73 Å². The third kappa shape index (κ3) is 5.11. The summed E-state index contributed by atoms with van der Waals surface area (Å²) in [6, 6.07) is 8.57. The second-order valence-electron chi connectivity index (χ2n) is 8.62. The van der Waals surface area contributed by atoms with Gasteiger partial charge in [0.05, 0.1) is 11.2 Å². The zero-order valence-electron chi connectivity index (χ0n) is 17.9. The van der Waals surface area contributed by atoms with Crippen molar-refractivity contribution in [1.29, 1.82) is 0 Å². The molecule has 6 nitrogen and oxygen atoms in total. The summed E-state index contributed by atoms with van der Waals surface area (Å²) in [5.74, 6) is -3.34. The van der Waals surface area contributed by atoms with E-state index < -0.39 is 47.8 Å². The maximum Gasteiger partial charge on any atom is 0.494 e. The van der Waals surface area contributed by atoms with Gasteiger partial charge in [-0.2, -0.15) is 0 Å². The molecule has 3 N–H and O–H groups in total. The van der Waals surface area contributed by atoms with Gasteiger partial charge in [0.2, 0.25) is 5.91 Å². The van der Waals surface area contributed by atoms with E-state index in [1.54, 1.807) is 12.1 Å². The van der Waals surface area contributed by atoms with Gasteiger partial charge >= 0.3 is 7.12 Å². The molecule has 0 aliphatic carbocycles. The molecule has 2 aromatic rings. The lowest BCUT2D eigenvalue weighted by Gasteiger charge is -2.32. The molecule has 2 amide bonds. The molecule has 31 heavy (non-hydrogen) atoms. The Balaban J connectivity index is 1.69. The fourth-order valence-corrected chi connectivity index (χ4v) is 3.17. The molecule has 9 heteroatoms. The standard InChI is InChI=1S/C22H25BF2N2O4/c1-21(2)22(3,4)31-23(30-21)15-7-5-13(6-8-15)9-18(19(26)28)27-20(29)14-10-16(24)12-17(25)11-14/h5-8,10-12,18H,9H2,1-4H3,(H2,26,28)(H,27,29)/t18-/m0/s1. The molecular weight excluding hydrogens is 405 g/mol. The van der Waals surface area contributed by atoms with E-state index in [-0.39, 0.29) is 12.0 Å². The predicted molar refractivity (Wildman–Crippen MR) is 113 cm³/mol. The van der Waals surface area contributed by atoms with Crippen LogP contribution in [-0.2, 0) is 20.5 Å². The lowest BCUT2D eigenvalue weighted by molar-refractivity contribution is -0.119. The van der Waals surface area contributed by atoms with Gasteiger partial charge < -0.3 is 20.4 Å². The Hall–Kier alpha value is -2.78. The van der Waals surface area contributed by atoms with Crippen molar-refractivity contribution in [3.8, 4) is 0 Å². The number of nitrogens with one attached hydrogen (secondary N) is 1. The number of rotatable bonds is 6. The summed E-state index contributed by atoms with van der Waals surface area (Å²) < 4.78 is 38.8. The smallest absolute Gasteiger partial charge is 0.399 e. The number of amides is 2.